The number of carbonyl (C=O) groups is 1. The molecule has 1 amide bonds. The smallest absolute Gasteiger partial charge is 0.219 e. The number of anilines is 1. The Morgan fingerprint density at radius 2 is 2.04 bits per heavy atom. The van der Waals surface area contributed by atoms with Gasteiger partial charge in [0.1, 0.15) is 17.0 Å². The van der Waals surface area contributed by atoms with Gasteiger partial charge in [0.2, 0.25) is 5.91 Å². The van der Waals surface area contributed by atoms with E-state index >= 15 is 0 Å². The van der Waals surface area contributed by atoms with Gasteiger partial charge in [0.25, 0.3) is 0 Å². The van der Waals surface area contributed by atoms with E-state index in [1.807, 2.05) is 16.2 Å². The van der Waals surface area contributed by atoms with Gasteiger partial charge in [-0.25, -0.2) is 9.97 Å². The van der Waals surface area contributed by atoms with Crippen molar-refractivity contribution < 1.29 is 4.79 Å². The van der Waals surface area contributed by atoms with Crippen LogP contribution < -0.4 is 4.90 Å². The lowest BCUT2D eigenvalue weighted by Crippen LogP contribution is -2.48. The van der Waals surface area contributed by atoms with Crippen LogP contribution in [0.15, 0.2) is 6.33 Å². The van der Waals surface area contributed by atoms with Crippen LogP contribution in [0.4, 0.5) is 5.82 Å². The molecular formula is C17H22N4OS. The molecule has 0 spiro atoms. The molecule has 1 aliphatic carbocycles. The summed E-state index contributed by atoms with van der Waals surface area (Å²) in [6, 6.07) is 0. The Bertz CT molecular complexity index is 748. The van der Waals surface area contributed by atoms with E-state index in [9.17, 15) is 4.79 Å². The fraction of sp³-hybridized carbons (Fsp3) is 0.588. The fourth-order valence-corrected chi connectivity index (χ4v) is 5.08. The molecule has 6 heteroatoms. The number of fused-ring (bicyclic) bond motifs is 3. The highest BCUT2D eigenvalue weighted by Gasteiger charge is 2.26. The van der Waals surface area contributed by atoms with Crippen LogP contribution in [-0.4, -0.2) is 47.0 Å². The Morgan fingerprint density at radius 3 is 2.78 bits per heavy atom. The van der Waals surface area contributed by atoms with E-state index in [4.69, 9.17) is 0 Å². The first-order chi connectivity index (χ1) is 11.1. The molecule has 0 saturated carbocycles. The monoisotopic (exact) mass is 330 g/mol. The Balaban J connectivity index is 1.69. The van der Waals surface area contributed by atoms with Crippen molar-refractivity contribution in [2.24, 2.45) is 5.92 Å². The Kier molecular flexibility index (Phi) is 3.71. The van der Waals surface area contributed by atoms with Crippen molar-refractivity contribution in [2.45, 2.75) is 33.1 Å². The summed E-state index contributed by atoms with van der Waals surface area (Å²) >= 11 is 1.84. The molecule has 1 fully saturated rings. The minimum atomic E-state index is 0.166. The van der Waals surface area contributed by atoms with Crippen LogP contribution in [0.5, 0.6) is 0 Å². The van der Waals surface area contributed by atoms with Crippen molar-refractivity contribution in [3.63, 3.8) is 0 Å². The summed E-state index contributed by atoms with van der Waals surface area (Å²) < 4.78 is 0. The third-order valence-electron chi connectivity index (χ3n) is 5.10. The van der Waals surface area contributed by atoms with Gasteiger partial charge in [-0.15, -0.1) is 11.3 Å². The first-order valence-corrected chi connectivity index (χ1v) is 9.21. The molecular weight excluding hydrogens is 308 g/mol. The number of hydrogen-bond donors (Lipinski definition) is 0. The zero-order valence-electron chi connectivity index (χ0n) is 13.7. The van der Waals surface area contributed by atoms with E-state index in [1.165, 1.54) is 28.7 Å². The second kappa shape index (κ2) is 5.74. The number of aryl methyl sites for hydroxylation is 1. The second-order valence-electron chi connectivity index (χ2n) is 6.72. The van der Waals surface area contributed by atoms with Crippen LogP contribution in [0.2, 0.25) is 0 Å². The van der Waals surface area contributed by atoms with Crippen LogP contribution in [0.3, 0.4) is 0 Å². The van der Waals surface area contributed by atoms with Gasteiger partial charge in [0.05, 0.1) is 5.39 Å². The Labute approximate surface area is 140 Å². The molecule has 0 N–H and O–H groups in total. The van der Waals surface area contributed by atoms with E-state index in [0.717, 1.165) is 49.2 Å². The van der Waals surface area contributed by atoms with E-state index < -0.39 is 0 Å². The molecule has 2 aliphatic rings. The molecule has 4 rings (SSSR count). The quantitative estimate of drug-likeness (QED) is 0.806. The second-order valence-corrected chi connectivity index (χ2v) is 7.81. The van der Waals surface area contributed by atoms with Gasteiger partial charge in [-0.05, 0) is 30.7 Å². The van der Waals surface area contributed by atoms with Gasteiger partial charge in [-0.1, -0.05) is 6.92 Å². The molecule has 1 aliphatic heterocycles. The highest BCUT2D eigenvalue weighted by Crippen LogP contribution is 2.40. The third-order valence-corrected chi connectivity index (χ3v) is 6.26. The van der Waals surface area contributed by atoms with Crippen LogP contribution in [0, 0.1) is 5.92 Å². The van der Waals surface area contributed by atoms with Gasteiger partial charge in [0, 0.05) is 38.0 Å². The van der Waals surface area contributed by atoms with Gasteiger partial charge in [-0.3, -0.25) is 4.79 Å². The number of carbonyl (C=O) groups excluding carboxylic acids is 1. The summed E-state index contributed by atoms with van der Waals surface area (Å²) in [5.74, 6) is 2.01. The van der Waals surface area contributed by atoms with Gasteiger partial charge < -0.3 is 9.80 Å². The Morgan fingerprint density at radius 1 is 1.26 bits per heavy atom. The van der Waals surface area contributed by atoms with Crippen LogP contribution >= 0.6 is 11.3 Å². The minimum Gasteiger partial charge on any atom is -0.352 e. The lowest BCUT2D eigenvalue weighted by molar-refractivity contribution is -0.129. The molecule has 1 atom stereocenters. The fourth-order valence-electron chi connectivity index (χ4n) is 3.73. The maximum atomic E-state index is 11.5. The lowest BCUT2D eigenvalue weighted by Gasteiger charge is -2.35. The van der Waals surface area contributed by atoms with E-state index in [0.29, 0.717) is 0 Å². The number of amides is 1. The van der Waals surface area contributed by atoms with Crippen LogP contribution in [0.25, 0.3) is 10.2 Å². The highest BCUT2D eigenvalue weighted by molar-refractivity contribution is 7.19. The molecule has 0 aromatic carbocycles. The molecule has 2 aromatic rings. The molecule has 0 bridgehead atoms. The maximum absolute atomic E-state index is 11.5. The highest BCUT2D eigenvalue weighted by atomic mass is 32.1. The molecule has 1 saturated heterocycles. The predicted octanol–water partition coefficient (Wildman–Crippen LogP) is 2.48. The summed E-state index contributed by atoms with van der Waals surface area (Å²) in [6.45, 7) is 7.25. The third kappa shape index (κ3) is 2.59. The topological polar surface area (TPSA) is 49.3 Å². The first kappa shape index (κ1) is 14.9. The normalized spacial score (nSPS) is 21.6. The van der Waals surface area contributed by atoms with E-state index in [1.54, 1.807) is 13.3 Å². The molecule has 2 aromatic heterocycles. The molecule has 0 unspecified atom stereocenters. The van der Waals surface area contributed by atoms with E-state index in [-0.39, 0.29) is 5.91 Å². The molecule has 0 radical (unpaired) electrons. The number of thiophene rings is 1. The molecule has 122 valence electrons. The number of rotatable bonds is 1. The SMILES string of the molecule is CC(=O)N1CCN(c2ncnc3sc4c(c23)CC[C@@H](C)C4)CC1. The lowest BCUT2D eigenvalue weighted by atomic mass is 9.89. The van der Waals surface area contributed by atoms with Crippen molar-refractivity contribution in [1.82, 2.24) is 14.9 Å². The predicted molar refractivity (Wildman–Crippen MR) is 93.1 cm³/mol. The molecule has 3 heterocycles. The molecule has 5 nitrogen and oxygen atoms in total. The average molecular weight is 330 g/mol. The van der Waals surface area contributed by atoms with E-state index in [2.05, 4.69) is 21.8 Å². The maximum Gasteiger partial charge on any atom is 0.219 e. The minimum absolute atomic E-state index is 0.166. The van der Waals surface area contributed by atoms with Crippen molar-refractivity contribution >= 4 is 33.3 Å². The average Bonchev–Trinajstić information content (AvgIpc) is 2.92. The van der Waals surface area contributed by atoms with Crippen molar-refractivity contribution in [3.05, 3.63) is 16.8 Å². The van der Waals surface area contributed by atoms with Gasteiger partial charge >= 0.3 is 0 Å². The van der Waals surface area contributed by atoms with Crippen molar-refractivity contribution in [1.29, 1.82) is 0 Å². The first-order valence-electron chi connectivity index (χ1n) is 8.39. The van der Waals surface area contributed by atoms with Crippen molar-refractivity contribution in [2.75, 3.05) is 31.1 Å². The largest absolute Gasteiger partial charge is 0.352 e. The van der Waals surface area contributed by atoms with Gasteiger partial charge in [0.15, 0.2) is 0 Å². The standard InChI is InChI=1S/C17H22N4OS/c1-11-3-4-13-14(9-11)23-17-15(13)16(18-10-19-17)21-7-5-20(6-8-21)12(2)22/h10-11H,3-9H2,1-2H3/t11-/m1/s1. The van der Waals surface area contributed by atoms with Crippen molar-refractivity contribution in [3.8, 4) is 0 Å². The molecule has 23 heavy (non-hydrogen) atoms. The summed E-state index contributed by atoms with van der Waals surface area (Å²) in [4.78, 5) is 27.5. The zero-order valence-corrected chi connectivity index (χ0v) is 14.5. The van der Waals surface area contributed by atoms with Gasteiger partial charge in [-0.2, -0.15) is 0 Å². The summed E-state index contributed by atoms with van der Waals surface area (Å²) in [7, 11) is 0. The number of hydrogen-bond acceptors (Lipinski definition) is 5. The summed E-state index contributed by atoms with van der Waals surface area (Å²) in [5, 5.41) is 1.27. The number of nitrogens with zero attached hydrogens (tertiary/aromatic N) is 4. The summed E-state index contributed by atoms with van der Waals surface area (Å²) in [6.07, 6.45) is 5.27. The zero-order chi connectivity index (χ0) is 16.0. The Hall–Kier alpha value is -1.69. The number of aromatic nitrogens is 2. The summed E-state index contributed by atoms with van der Waals surface area (Å²) in [5.41, 5.74) is 1.48. The van der Waals surface area contributed by atoms with Crippen LogP contribution in [0.1, 0.15) is 30.7 Å². The van der Waals surface area contributed by atoms with Crippen LogP contribution in [-0.2, 0) is 17.6 Å². The number of piperazine rings is 1.